The Balaban J connectivity index is 2.11. The van der Waals surface area contributed by atoms with Crippen molar-refractivity contribution in [1.29, 1.82) is 5.26 Å². The first kappa shape index (κ1) is 10.5. The Morgan fingerprint density at radius 1 is 1.33 bits per heavy atom. The zero-order chi connectivity index (χ0) is 10.7. The predicted octanol–water partition coefficient (Wildman–Crippen LogP) is 2.81. The molecule has 0 bridgehead atoms. The van der Waals surface area contributed by atoms with Gasteiger partial charge in [-0.15, -0.1) is 0 Å². The fourth-order valence-corrected chi connectivity index (χ4v) is 2.17. The summed E-state index contributed by atoms with van der Waals surface area (Å²) in [6, 6.07) is 7.62. The van der Waals surface area contributed by atoms with E-state index in [2.05, 4.69) is 11.0 Å². The van der Waals surface area contributed by atoms with Crippen molar-refractivity contribution in [3.8, 4) is 6.07 Å². The molecule has 1 fully saturated rings. The van der Waals surface area contributed by atoms with Crippen molar-refractivity contribution in [1.82, 2.24) is 4.90 Å². The van der Waals surface area contributed by atoms with Crippen LogP contribution in [0.3, 0.4) is 0 Å². The van der Waals surface area contributed by atoms with Gasteiger partial charge in [-0.1, -0.05) is 17.7 Å². The minimum absolute atomic E-state index is 0.630. The van der Waals surface area contributed by atoms with Gasteiger partial charge in [-0.25, -0.2) is 0 Å². The van der Waals surface area contributed by atoms with Crippen LogP contribution in [-0.4, -0.2) is 18.0 Å². The van der Waals surface area contributed by atoms with Gasteiger partial charge in [0.05, 0.1) is 11.6 Å². The monoisotopic (exact) mass is 220 g/mol. The van der Waals surface area contributed by atoms with Gasteiger partial charge in [-0.3, -0.25) is 4.90 Å². The molecule has 2 rings (SSSR count). The van der Waals surface area contributed by atoms with Crippen molar-refractivity contribution in [3.63, 3.8) is 0 Å². The highest BCUT2D eigenvalue weighted by molar-refractivity contribution is 6.31. The Morgan fingerprint density at radius 2 is 2.07 bits per heavy atom. The molecule has 15 heavy (non-hydrogen) atoms. The van der Waals surface area contributed by atoms with E-state index in [-0.39, 0.29) is 0 Å². The molecule has 0 aromatic heterocycles. The zero-order valence-electron chi connectivity index (χ0n) is 8.54. The van der Waals surface area contributed by atoms with E-state index in [1.165, 1.54) is 12.8 Å². The van der Waals surface area contributed by atoms with Gasteiger partial charge >= 0.3 is 0 Å². The van der Waals surface area contributed by atoms with Crippen LogP contribution in [0.4, 0.5) is 0 Å². The third-order valence-electron chi connectivity index (χ3n) is 2.77. The average molecular weight is 221 g/mol. The summed E-state index contributed by atoms with van der Waals surface area (Å²) < 4.78 is 0. The summed E-state index contributed by atoms with van der Waals surface area (Å²) in [4.78, 5) is 2.40. The van der Waals surface area contributed by atoms with Gasteiger partial charge in [0.15, 0.2) is 0 Å². The third kappa shape index (κ3) is 2.50. The molecule has 3 heteroatoms. The summed E-state index contributed by atoms with van der Waals surface area (Å²) in [5.74, 6) is 0. The Kier molecular flexibility index (Phi) is 3.25. The van der Waals surface area contributed by atoms with Crippen molar-refractivity contribution < 1.29 is 0 Å². The lowest BCUT2D eigenvalue weighted by molar-refractivity contribution is 0.331. The van der Waals surface area contributed by atoms with Gasteiger partial charge in [-0.05, 0) is 43.6 Å². The average Bonchev–Trinajstić information content (AvgIpc) is 2.74. The molecule has 1 aliphatic heterocycles. The number of hydrogen-bond donors (Lipinski definition) is 0. The van der Waals surface area contributed by atoms with Crippen LogP contribution in [0.5, 0.6) is 0 Å². The van der Waals surface area contributed by atoms with Crippen molar-refractivity contribution in [2.24, 2.45) is 0 Å². The van der Waals surface area contributed by atoms with E-state index >= 15 is 0 Å². The molecule has 1 saturated heterocycles. The number of nitrogens with zero attached hydrogens (tertiary/aromatic N) is 2. The van der Waals surface area contributed by atoms with Gasteiger partial charge in [0.1, 0.15) is 0 Å². The maximum Gasteiger partial charge on any atom is 0.0992 e. The standard InChI is InChI=1S/C12H13ClN2/c13-12-7-10(8-14)3-4-11(12)9-15-5-1-2-6-15/h3-4,7H,1-2,5-6,9H2. The van der Waals surface area contributed by atoms with Crippen molar-refractivity contribution in [2.75, 3.05) is 13.1 Å². The van der Waals surface area contributed by atoms with Gasteiger partial charge in [-0.2, -0.15) is 5.26 Å². The molecule has 78 valence electrons. The molecule has 1 aliphatic rings. The van der Waals surface area contributed by atoms with Gasteiger partial charge in [0, 0.05) is 11.6 Å². The topological polar surface area (TPSA) is 27.0 Å². The van der Waals surface area contributed by atoms with Crippen LogP contribution in [-0.2, 0) is 6.54 Å². The van der Waals surface area contributed by atoms with Crippen molar-refractivity contribution >= 4 is 11.6 Å². The minimum Gasteiger partial charge on any atom is -0.299 e. The Labute approximate surface area is 95.1 Å². The maximum atomic E-state index is 8.72. The molecule has 0 radical (unpaired) electrons. The molecular weight excluding hydrogens is 208 g/mol. The molecule has 2 nitrogen and oxygen atoms in total. The van der Waals surface area contributed by atoms with Crippen molar-refractivity contribution in [2.45, 2.75) is 19.4 Å². The predicted molar refractivity (Wildman–Crippen MR) is 60.7 cm³/mol. The molecule has 0 saturated carbocycles. The summed E-state index contributed by atoms with van der Waals surface area (Å²) in [6.45, 7) is 3.23. The van der Waals surface area contributed by atoms with Crippen LogP contribution >= 0.6 is 11.6 Å². The molecule has 1 aromatic carbocycles. The van der Waals surface area contributed by atoms with E-state index in [4.69, 9.17) is 16.9 Å². The number of rotatable bonds is 2. The Bertz CT molecular complexity index is 389. The highest BCUT2D eigenvalue weighted by Crippen LogP contribution is 2.21. The van der Waals surface area contributed by atoms with Crippen LogP contribution < -0.4 is 0 Å². The number of benzene rings is 1. The van der Waals surface area contributed by atoms with Gasteiger partial charge < -0.3 is 0 Å². The Morgan fingerprint density at radius 3 is 2.67 bits per heavy atom. The first-order chi connectivity index (χ1) is 7.29. The fourth-order valence-electron chi connectivity index (χ4n) is 1.93. The second kappa shape index (κ2) is 4.65. The second-order valence-corrected chi connectivity index (χ2v) is 4.31. The second-order valence-electron chi connectivity index (χ2n) is 3.90. The van der Waals surface area contributed by atoms with Crippen LogP contribution in [0, 0.1) is 11.3 Å². The van der Waals surface area contributed by atoms with Crippen LogP contribution in [0.15, 0.2) is 18.2 Å². The highest BCUT2D eigenvalue weighted by atomic mass is 35.5. The molecule has 0 atom stereocenters. The molecular formula is C12H13ClN2. The largest absolute Gasteiger partial charge is 0.299 e. The summed E-state index contributed by atoms with van der Waals surface area (Å²) in [5, 5.41) is 9.43. The lowest BCUT2D eigenvalue weighted by Gasteiger charge is -2.15. The number of likely N-dealkylation sites (tertiary alicyclic amines) is 1. The SMILES string of the molecule is N#Cc1ccc(CN2CCCC2)c(Cl)c1. The first-order valence-corrected chi connectivity index (χ1v) is 5.58. The third-order valence-corrected chi connectivity index (χ3v) is 3.13. The van der Waals surface area contributed by atoms with Gasteiger partial charge in [0.25, 0.3) is 0 Å². The van der Waals surface area contributed by atoms with E-state index in [0.29, 0.717) is 10.6 Å². The minimum atomic E-state index is 0.630. The lowest BCUT2D eigenvalue weighted by Crippen LogP contribution is -2.18. The summed E-state index contributed by atoms with van der Waals surface area (Å²) in [6.07, 6.45) is 2.57. The molecule has 0 unspecified atom stereocenters. The van der Waals surface area contributed by atoms with E-state index in [1.807, 2.05) is 12.1 Å². The molecule has 0 N–H and O–H groups in total. The highest BCUT2D eigenvalue weighted by Gasteiger charge is 2.13. The van der Waals surface area contributed by atoms with E-state index in [1.54, 1.807) is 6.07 Å². The summed E-state index contributed by atoms with van der Waals surface area (Å²) in [7, 11) is 0. The van der Waals surface area contributed by atoms with Crippen LogP contribution in [0.1, 0.15) is 24.0 Å². The zero-order valence-corrected chi connectivity index (χ0v) is 9.30. The van der Waals surface area contributed by atoms with Gasteiger partial charge in [0.2, 0.25) is 0 Å². The van der Waals surface area contributed by atoms with Crippen LogP contribution in [0.2, 0.25) is 5.02 Å². The number of halogens is 1. The maximum absolute atomic E-state index is 8.72. The van der Waals surface area contributed by atoms with E-state index in [9.17, 15) is 0 Å². The van der Waals surface area contributed by atoms with Crippen LogP contribution in [0.25, 0.3) is 0 Å². The molecule has 1 heterocycles. The molecule has 0 spiro atoms. The first-order valence-electron chi connectivity index (χ1n) is 5.20. The lowest BCUT2D eigenvalue weighted by atomic mass is 10.1. The normalized spacial score (nSPS) is 16.5. The Hall–Kier alpha value is -1.04. The quantitative estimate of drug-likeness (QED) is 0.767. The summed E-state index contributed by atoms with van der Waals surface area (Å²) >= 11 is 6.11. The molecule has 1 aromatic rings. The number of hydrogen-bond acceptors (Lipinski definition) is 2. The molecule has 0 amide bonds. The number of nitriles is 1. The molecule has 0 aliphatic carbocycles. The summed E-state index contributed by atoms with van der Waals surface area (Å²) in [5.41, 5.74) is 1.75. The smallest absolute Gasteiger partial charge is 0.0992 e. The van der Waals surface area contributed by atoms with Crippen molar-refractivity contribution in [3.05, 3.63) is 34.3 Å². The fraction of sp³-hybridized carbons (Fsp3) is 0.417. The van der Waals surface area contributed by atoms with E-state index in [0.717, 1.165) is 25.2 Å². The van der Waals surface area contributed by atoms with E-state index < -0.39 is 0 Å².